The largest absolute Gasteiger partial charge is 0.353 e. The summed E-state index contributed by atoms with van der Waals surface area (Å²) >= 11 is 0. The van der Waals surface area contributed by atoms with Gasteiger partial charge < -0.3 is 15.2 Å². The van der Waals surface area contributed by atoms with Gasteiger partial charge in [-0.25, -0.2) is 0 Å². The molecule has 0 aromatic carbocycles. The van der Waals surface area contributed by atoms with Crippen molar-refractivity contribution in [2.45, 2.75) is 32.5 Å². The first-order valence-electron chi connectivity index (χ1n) is 4.92. The van der Waals surface area contributed by atoms with Crippen LogP contribution in [0.5, 0.6) is 0 Å². The van der Waals surface area contributed by atoms with Crippen LogP contribution in [0.1, 0.15) is 26.2 Å². The maximum atomic E-state index is 5.55. The van der Waals surface area contributed by atoms with Crippen molar-refractivity contribution in [3.8, 4) is 0 Å². The lowest BCUT2D eigenvalue weighted by atomic mass is 10.2. The Labute approximate surface area is 79.9 Å². The van der Waals surface area contributed by atoms with Crippen LogP contribution in [-0.4, -0.2) is 26.0 Å². The first kappa shape index (κ1) is 10.7. The van der Waals surface area contributed by atoms with E-state index in [1.54, 1.807) is 0 Å². The fourth-order valence-electron chi connectivity index (χ4n) is 1.33. The van der Waals surface area contributed by atoms with E-state index < -0.39 is 0 Å². The molecule has 76 valence electrons. The Hall–Kier alpha value is -0.380. The predicted molar refractivity (Wildman–Crippen MR) is 52.4 cm³/mol. The lowest BCUT2D eigenvalue weighted by Gasteiger charge is -2.22. The van der Waals surface area contributed by atoms with Gasteiger partial charge in [-0.3, -0.25) is 0 Å². The normalized spacial score (nSPS) is 24.8. The molecule has 1 aliphatic rings. The van der Waals surface area contributed by atoms with Crippen molar-refractivity contribution in [2.24, 2.45) is 5.73 Å². The molecule has 0 saturated carbocycles. The maximum Gasteiger partial charge on any atom is 0.158 e. The summed E-state index contributed by atoms with van der Waals surface area (Å²) in [5, 5.41) is 0. The van der Waals surface area contributed by atoms with Crippen molar-refractivity contribution in [3.05, 3.63) is 11.6 Å². The van der Waals surface area contributed by atoms with E-state index in [2.05, 4.69) is 0 Å². The SMILES string of the molecule is CC(=CCN)COC1CCCCO1. The molecule has 3 nitrogen and oxygen atoms in total. The summed E-state index contributed by atoms with van der Waals surface area (Å²) < 4.78 is 11.0. The third-order valence-electron chi connectivity index (χ3n) is 2.10. The number of hydrogen-bond donors (Lipinski definition) is 1. The van der Waals surface area contributed by atoms with Crippen LogP contribution >= 0.6 is 0 Å². The van der Waals surface area contributed by atoms with Crippen LogP contribution < -0.4 is 5.73 Å². The van der Waals surface area contributed by atoms with Crippen molar-refractivity contribution in [3.63, 3.8) is 0 Å². The number of ether oxygens (including phenoxy) is 2. The molecule has 2 N–H and O–H groups in total. The van der Waals surface area contributed by atoms with Gasteiger partial charge in [-0.2, -0.15) is 0 Å². The second-order valence-corrected chi connectivity index (χ2v) is 3.39. The molecule has 1 heterocycles. The minimum absolute atomic E-state index is 0.00914. The molecule has 13 heavy (non-hydrogen) atoms. The topological polar surface area (TPSA) is 44.5 Å². The predicted octanol–water partition coefficient (Wildman–Crippen LogP) is 1.43. The van der Waals surface area contributed by atoms with Gasteiger partial charge >= 0.3 is 0 Å². The van der Waals surface area contributed by atoms with Gasteiger partial charge in [0.1, 0.15) is 0 Å². The summed E-state index contributed by atoms with van der Waals surface area (Å²) in [5.41, 5.74) is 6.55. The molecular weight excluding hydrogens is 166 g/mol. The number of hydrogen-bond acceptors (Lipinski definition) is 3. The molecule has 1 saturated heterocycles. The first-order valence-corrected chi connectivity index (χ1v) is 4.92. The lowest BCUT2D eigenvalue weighted by Crippen LogP contribution is -2.23. The highest BCUT2D eigenvalue weighted by Crippen LogP contribution is 2.14. The van der Waals surface area contributed by atoms with Crippen LogP contribution in [0.25, 0.3) is 0 Å². The van der Waals surface area contributed by atoms with E-state index in [1.807, 2.05) is 13.0 Å². The molecule has 0 aromatic rings. The van der Waals surface area contributed by atoms with Crippen LogP contribution in [0, 0.1) is 0 Å². The Balaban J connectivity index is 2.13. The fraction of sp³-hybridized carbons (Fsp3) is 0.800. The highest BCUT2D eigenvalue weighted by Gasteiger charge is 2.13. The van der Waals surface area contributed by atoms with E-state index in [-0.39, 0.29) is 6.29 Å². The summed E-state index contributed by atoms with van der Waals surface area (Å²) in [5.74, 6) is 0. The monoisotopic (exact) mass is 185 g/mol. The average Bonchev–Trinajstić information content (AvgIpc) is 2.17. The van der Waals surface area contributed by atoms with Crippen molar-refractivity contribution in [1.29, 1.82) is 0 Å². The smallest absolute Gasteiger partial charge is 0.158 e. The van der Waals surface area contributed by atoms with Gasteiger partial charge in [0.2, 0.25) is 0 Å². The Morgan fingerprint density at radius 3 is 3.08 bits per heavy atom. The second kappa shape index (κ2) is 6.13. The third-order valence-corrected chi connectivity index (χ3v) is 2.10. The zero-order chi connectivity index (χ0) is 9.52. The van der Waals surface area contributed by atoms with Crippen LogP contribution in [0.3, 0.4) is 0 Å². The standard InChI is InChI=1S/C10H19NO2/c1-9(5-6-11)8-13-10-4-2-3-7-12-10/h5,10H,2-4,6-8,11H2,1H3. The summed E-state index contributed by atoms with van der Waals surface area (Å²) in [4.78, 5) is 0. The lowest BCUT2D eigenvalue weighted by molar-refractivity contribution is -0.156. The van der Waals surface area contributed by atoms with Gasteiger partial charge in [-0.15, -0.1) is 0 Å². The summed E-state index contributed by atoms with van der Waals surface area (Å²) in [7, 11) is 0. The van der Waals surface area contributed by atoms with Crippen molar-refractivity contribution in [1.82, 2.24) is 0 Å². The summed E-state index contributed by atoms with van der Waals surface area (Å²) in [6.07, 6.45) is 5.38. The van der Waals surface area contributed by atoms with E-state index in [4.69, 9.17) is 15.2 Å². The second-order valence-electron chi connectivity index (χ2n) is 3.39. The van der Waals surface area contributed by atoms with Gasteiger partial charge in [0, 0.05) is 13.2 Å². The minimum atomic E-state index is 0.00914. The van der Waals surface area contributed by atoms with Gasteiger partial charge in [-0.05, 0) is 26.2 Å². The van der Waals surface area contributed by atoms with Crippen LogP contribution in [-0.2, 0) is 9.47 Å². The molecule has 0 aliphatic carbocycles. The van der Waals surface area contributed by atoms with Gasteiger partial charge in [-0.1, -0.05) is 11.6 Å². The maximum absolute atomic E-state index is 5.55. The highest BCUT2D eigenvalue weighted by molar-refractivity contribution is 4.98. The summed E-state index contributed by atoms with van der Waals surface area (Å²) in [6, 6.07) is 0. The van der Waals surface area contributed by atoms with Crippen LogP contribution in [0.15, 0.2) is 11.6 Å². The Morgan fingerprint density at radius 1 is 1.62 bits per heavy atom. The molecule has 1 unspecified atom stereocenters. The van der Waals surface area contributed by atoms with Crippen LogP contribution in [0.2, 0.25) is 0 Å². The molecule has 0 radical (unpaired) electrons. The molecule has 3 heteroatoms. The Bertz CT molecular complexity index is 162. The zero-order valence-corrected chi connectivity index (χ0v) is 8.29. The Morgan fingerprint density at radius 2 is 2.46 bits per heavy atom. The van der Waals surface area contributed by atoms with E-state index in [0.29, 0.717) is 13.2 Å². The molecule has 1 aliphatic heterocycles. The highest BCUT2D eigenvalue weighted by atomic mass is 16.7. The third kappa shape index (κ3) is 4.41. The molecule has 0 aromatic heterocycles. The van der Waals surface area contributed by atoms with Gasteiger partial charge in [0.05, 0.1) is 6.61 Å². The van der Waals surface area contributed by atoms with E-state index in [9.17, 15) is 0 Å². The van der Waals surface area contributed by atoms with Crippen molar-refractivity contribution in [2.75, 3.05) is 19.8 Å². The summed E-state index contributed by atoms with van der Waals surface area (Å²) in [6.45, 7) is 4.09. The molecule has 0 bridgehead atoms. The van der Waals surface area contributed by atoms with Crippen molar-refractivity contribution >= 4 is 0 Å². The average molecular weight is 185 g/mol. The molecule has 0 spiro atoms. The molecular formula is C10H19NO2. The molecule has 1 atom stereocenters. The number of rotatable bonds is 4. The fourth-order valence-corrected chi connectivity index (χ4v) is 1.33. The quantitative estimate of drug-likeness (QED) is 0.674. The van der Waals surface area contributed by atoms with Gasteiger partial charge in [0.15, 0.2) is 6.29 Å². The Kier molecular flexibility index (Phi) is 5.05. The van der Waals surface area contributed by atoms with E-state index in [1.165, 1.54) is 12.0 Å². The van der Waals surface area contributed by atoms with Gasteiger partial charge in [0.25, 0.3) is 0 Å². The minimum Gasteiger partial charge on any atom is -0.353 e. The molecule has 0 amide bonds. The zero-order valence-electron chi connectivity index (χ0n) is 8.29. The van der Waals surface area contributed by atoms with E-state index >= 15 is 0 Å². The molecule has 1 rings (SSSR count). The van der Waals surface area contributed by atoms with E-state index in [0.717, 1.165) is 19.4 Å². The molecule has 1 fully saturated rings. The van der Waals surface area contributed by atoms with Crippen molar-refractivity contribution < 1.29 is 9.47 Å². The van der Waals surface area contributed by atoms with Crippen LogP contribution in [0.4, 0.5) is 0 Å². The first-order chi connectivity index (χ1) is 6.33. The number of nitrogens with two attached hydrogens (primary N) is 1.